The number of fused-ring (bicyclic) bond motifs is 4. The number of carbonyl (C=O) groups excluding carboxylic acids is 1. The van der Waals surface area contributed by atoms with Gasteiger partial charge in [0.2, 0.25) is 0 Å². The van der Waals surface area contributed by atoms with Crippen molar-refractivity contribution in [2.75, 3.05) is 0 Å². The van der Waals surface area contributed by atoms with Gasteiger partial charge in [-0.15, -0.1) is 0 Å². The Labute approximate surface area is 217 Å². The molecule has 37 heavy (non-hydrogen) atoms. The van der Waals surface area contributed by atoms with Crippen LogP contribution in [0.2, 0.25) is 5.02 Å². The van der Waals surface area contributed by atoms with Gasteiger partial charge in [0.1, 0.15) is 11.2 Å². The summed E-state index contributed by atoms with van der Waals surface area (Å²) in [5, 5.41) is 12.4. The molecule has 0 aliphatic carbocycles. The Balaban J connectivity index is 1.33. The standard InChI is InChI=1S/C31H22ClNO4/c32-25-8-4-10-28-30(25)23-7-3-6-21(31(23)37-28)20-13-11-19(12-14-20)17-33-18-24(27(34)15-16-29(35)36)22-5-1-2-9-26(22)33/h1-14,18H,15-17H2,(H,35,36). The highest BCUT2D eigenvalue weighted by atomic mass is 35.5. The first-order valence-electron chi connectivity index (χ1n) is 12.0. The van der Waals surface area contributed by atoms with Crippen LogP contribution in [0.25, 0.3) is 44.0 Å². The minimum absolute atomic E-state index is 0.0173. The number of carbonyl (C=O) groups is 2. The van der Waals surface area contributed by atoms with E-state index >= 15 is 0 Å². The topological polar surface area (TPSA) is 72.4 Å². The number of Topliss-reactive ketones (excluding diaryl/α,β-unsaturated/α-hetero) is 1. The van der Waals surface area contributed by atoms with Crippen LogP contribution >= 0.6 is 11.6 Å². The molecule has 1 N–H and O–H groups in total. The highest BCUT2D eigenvalue weighted by molar-refractivity contribution is 6.37. The van der Waals surface area contributed by atoms with Crippen LogP contribution in [0.4, 0.5) is 0 Å². The molecule has 2 aromatic heterocycles. The quantitative estimate of drug-likeness (QED) is 0.222. The zero-order chi connectivity index (χ0) is 25.5. The molecule has 6 rings (SSSR count). The van der Waals surface area contributed by atoms with E-state index in [1.807, 2.05) is 71.4 Å². The molecule has 0 amide bonds. The van der Waals surface area contributed by atoms with Gasteiger partial charge in [-0.1, -0.05) is 78.3 Å². The third-order valence-electron chi connectivity index (χ3n) is 6.74. The van der Waals surface area contributed by atoms with Crippen molar-refractivity contribution < 1.29 is 19.1 Å². The molecule has 6 heteroatoms. The van der Waals surface area contributed by atoms with Crippen molar-refractivity contribution >= 4 is 56.2 Å². The number of nitrogens with zero attached hydrogens (tertiary/aromatic N) is 1. The fourth-order valence-electron chi connectivity index (χ4n) is 4.97. The molecule has 0 atom stereocenters. The van der Waals surface area contributed by atoms with Crippen LogP contribution in [0.3, 0.4) is 0 Å². The van der Waals surface area contributed by atoms with Crippen molar-refractivity contribution in [2.24, 2.45) is 0 Å². The molecule has 0 saturated heterocycles. The minimum atomic E-state index is -0.974. The van der Waals surface area contributed by atoms with Crippen LogP contribution in [-0.2, 0) is 11.3 Å². The number of aromatic nitrogens is 1. The molecule has 0 saturated carbocycles. The van der Waals surface area contributed by atoms with Crippen molar-refractivity contribution in [3.05, 3.63) is 107 Å². The number of hydrogen-bond acceptors (Lipinski definition) is 3. The lowest BCUT2D eigenvalue weighted by Gasteiger charge is -2.08. The van der Waals surface area contributed by atoms with Gasteiger partial charge in [0.25, 0.3) is 0 Å². The lowest BCUT2D eigenvalue weighted by molar-refractivity contribution is -0.136. The van der Waals surface area contributed by atoms with E-state index in [0.29, 0.717) is 17.1 Å². The number of halogens is 1. The monoisotopic (exact) mass is 507 g/mol. The molecule has 182 valence electrons. The highest BCUT2D eigenvalue weighted by Crippen LogP contribution is 2.38. The van der Waals surface area contributed by atoms with Crippen LogP contribution in [-0.4, -0.2) is 21.4 Å². The molecule has 2 heterocycles. The van der Waals surface area contributed by atoms with Crippen LogP contribution < -0.4 is 0 Å². The number of carboxylic acid groups (broad SMARTS) is 1. The van der Waals surface area contributed by atoms with Gasteiger partial charge in [-0.05, 0) is 29.3 Å². The second-order valence-corrected chi connectivity index (χ2v) is 9.51. The maximum atomic E-state index is 12.7. The fraction of sp³-hybridized carbons (Fsp3) is 0.0968. The van der Waals surface area contributed by atoms with E-state index in [2.05, 4.69) is 24.3 Å². The van der Waals surface area contributed by atoms with Gasteiger partial charge in [-0.3, -0.25) is 9.59 Å². The SMILES string of the molecule is O=C(O)CCC(=O)c1cn(Cc2ccc(-c3cccc4c3oc3cccc(Cl)c34)cc2)c2ccccc12. The molecule has 0 bridgehead atoms. The minimum Gasteiger partial charge on any atom is -0.481 e. The predicted octanol–water partition coefficient (Wildman–Crippen LogP) is 7.96. The average molecular weight is 508 g/mol. The van der Waals surface area contributed by atoms with E-state index in [1.165, 1.54) is 0 Å². The molecule has 0 unspecified atom stereocenters. The molecule has 6 aromatic rings. The molecule has 4 aromatic carbocycles. The Morgan fingerprint density at radius 3 is 2.41 bits per heavy atom. The molecular formula is C31H22ClNO4. The number of ketones is 1. The van der Waals surface area contributed by atoms with E-state index < -0.39 is 5.97 Å². The van der Waals surface area contributed by atoms with Gasteiger partial charge in [0.15, 0.2) is 5.78 Å². The summed E-state index contributed by atoms with van der Waals surface area (Å²) >= 11 is 6.46. The average Bonchev–Trinajstić information content (AvgIpc) is 3.47. The van der Waals surface area contributed by atoms with Gasteiger partial charge < -0.3 is 14.1 Å². The first kappa shape index (κ1) is 23.1. The van der Waals surface area contributed by atoms with E-state index in [0.717, 1.165) is 49.5 Å². The number of rotatable bonds is 7. The highest BCUT2D eigenvalue weighted by Gasteiger charge is 2.17. The fourth-order valence-corrected chi connectivity index (χ4v) is 5.24. The van der Waals surface area contributed by atoms with Crippen molar-refractivity contribution in [3.8, 4) is 11.1 Å². The lowest BCUT2D eigenvalue weighted by Crippen LogP contribution is -2.03. The molecule has 5 nitrogen and oxygen atoms in total. The van der Waals surface area contributed by atoms with Crippen LogP contribution in [0.15, 0.2) is 95.5 Å². The Morgan fingerprint density at radius 1 is 0.838 bits per heavy atom. The Bertz CT molecular complexity index is 1810. The number of carboxylic acids is 1. The van der Waals surface area contributed by atoms with Gasteiger partial charge in [-0.2, -0.15) is 0 Å². The summed E-state index contributed by atoms with van der Waals surface area (Å²) in [6.07, 6.45) is 1.64. The first-order valence-corrected chi connectivity index (χ1v) is 12.4. The largest absolute Gasteiger partial charge is 0.481 e. The molecular weight excluding hydrogens is 486 g/mol. The third kappa shape index (κ3) is 4.17. The van der Waals surface area contributed by atoms with Gasteiger partial charge >= 0.3 is 5.97 Å². The Kier molecular flexibility index (Phi) is 5.78. The van der Waals surface area contributed by atoms with Gasteiger partial charge in [0.05, 0.1) is 11.4 Å². The number of hydrogen-bond donors (Lipinski definition) is 1. The van der Waals surface area contributed by atoms with E-state index in [4.69, 9.17) is 21.1 Å². The summed E-state index contributed by atoms with van der Waals surface area (Å²) in [6.45, 7) is 0.581. The molecule has 0 fully saturated rings. The Morgan fingerprint density at radius 2 is 1.59 bits per heavy atom. The first-order chi connectivity index (χ1) is 18.0. The second kappa shape index (κ2) is 9.26. The van der Waals surface area contributed by atoms with E-state index in [9.17, 15) is 9.59 Å². The smallest absolute Gasteiger partial charge is 0.303 e. The zero-order valence-corrected chi connectivity index (χ0v) is 20.5. The summed E-state index contributed by atoms with van der Waals surface area (Å²) in [4.78, 5) is 23.7. The molecule has 0 radical (unpaired) electrons. The summed E-state index contributed by atoms with van der Waals surface area (Å²) in [6, 6.07) is 27.8. The summed E-state index contributed by atoms with van der Waals surface area (Å²) in [5.74, 6) is -1.13. The molecule has 0 aliphatic heterocycles. The number of benzene rings is 4. The van der Waals surface area contributed by atoms with E-state index in [-0.39, 0.29) is 18.6 Å². The molecule has 0 aliphatic rings. The molecule has 0 spiro atoms. The maximum Gasteiger partial charge on any atom is 0.303 e. The predicted molar refractivity (Wildman–Crippen MR) is 146 cm³/mol. The Hall–Kier alpha value is -4.35. The van der Waals surface area contributed by atoms with Crippen LogP contribution in [0.1, 0.15) is 28.8 Å². The number of furan rings is 1. The van der Waals surface area contributed by atoms with Crippen molar-refractivity contribution in [1.29, 1.82) is 0 Å². The second-order valence-electron chi connectivity index (χ2n) is 9.10. The number of para-hydroxylation sites is 2. The summed E-state index contributed by atoms with van der Waals surface area (Å²) < 4.78 is 8.24. The van der Waals surface area contributed by atoms with Crippen molar-refractivity contribution in [1.82, 2.24) is 4.57 Å². The van der Waals surface area contributed by atoms with Gasteiger partial charge in [0, 0.05) is 52.0 Å². The van der Waals surface area contributed by atoms with Gasteiger partial charge in [-0.25, -0.2) is 0 Å². The normalized spacial score (nSPS) is 11.5. The van der Waals surface area contributed by atoms with E-state index in [1.54, 1.807) is 0 Å². The van der Waals surface area contributed by atoms with Crippen LogP contribution in [0, 0.1) is 0 Å². The lowest BCUT2D eigenvalue weighted by atomic mass is 10.0. The maximum absolute atomic E-state index is 12.7. The van der Waals surface area contributed by atoms with Crippen LogP contribution in [0.5, 0.6) is 0 Å². The van der Waals surface area contributed by atoms with Crippen molar-refractivity contribution in [2.45, 2.75) is 19.4 Å². The zero-order valence-electron chi connectivity index (χ0n) is 19.8. The summed E-state index contributed by atoms with van der Waals surface area (Å²) in [5.41, 5.74) is 6.17. The number of aliphatic carboxylic acids is 1. The summed E-state index contributed by atoms with van der Waals surface area (Å²) in [7, 11) is 0. The third-order valence-corrected chi connectivity index (χ3v) is 7.06. The van der Waals surface area contributed by atoms with Crippen molar-refractivity contribution in [3.63, 3.8) is 0 Å².